The monoisotopic (exact) mass is 372 g/mol. The highest BCUT2D eigenvalue weighted by atomic mass is 16.6. The Hall–Kier alpha value is -3.49. The third kappa shape index (κ3) is 6.38. The summed E-state index contributed by atoms with van der Waals surface area (Å²) < 4.78 is 5.14. The number of carbonyl (C=O) groups excluding carboxylic acids is 1. The third-order valence-corrected chi connectivity index (χ3v) is 3.11. The number of anilines is 1. The van der Waals surface area contributed by atoms with Gasteiger partial charge in [0.05, 0.1) is 22.4 Å². The molecule has 0 fully saturated rings. The quantitative estimate of drug-likeness (QED) is 0.479. The fraction of sp³-hybridized carbons (Fsp3) is 0.278. The minimum Gasteiger partial charge on any atom is -0.444 e. The maximum Gasteiger partial charge on any atom is 0.412 e. The van der Waals surface area contributed by atoms with Gasteiger partial charge in [0.1, 0.15) is 5.60 Å². The summed E-state index contributed by atoms with van der Waals surface area (Å²) in [5, 5.41) is 17.5. The number of rotatable bonds is 5. The van der Waals surface area contributed by atoms with Crippen LogP contribution < -0.4 is 10.2 Å². The Labute approximate surface area is 156 Å². The molecule has 0 atom stereocenters. The van der Waals surface area contributed by atoms with Gasteiger partial charge in [-0.15, -0.1) is 0 Å². The summed E-state index contributed by atoms with van der Waals surface area (Å²) in [5.41, 5.74) is 0.483. The summed E-state index contributed by atoms with van der Waals surface area (Å²) >= 11 is 0. The second-order valence-electron chi connectivity index (χ2n) is 6.61. The van der Waals surface area contributed by atoms with E-state index in [4.69, 9.17) is 9.57 Å². The van der Waals surface area contributed by atoms with Gasteiger partial charge in [-0.3, -0.25) is 20.4 Å². The molecule has 2 rings (SSSR count). The SMILES string of the molecule is C/C(=N\Oc1cc(NC(=O)OC(C)(C)C)cc([N+](=O)[O-])c1)c1cccnc1. The molecule has 142 valence electrons. The smallest absolute Gasteiger partial charge is 0.412 e. The maximum absolute atomic E-state index is 11.9. The van der Waals surface area contributed by atoms with Gasteiger partial charge in [0.15, 0.2) is 5.75 Å². The number of aromatic nitrogens is 1. The van der Waals surface area contributed by atoms with Crippen molar-refractivity contribution in [3.05, 3.63) is 58.4 Å². The van der Waals surface area contributed by atoms with Crippen molar-refractivity contribution in [1.82, 2.24) is 4.98 Å². The van der Waals surface area contributed by atoms with Crippen LogP contribution in [0.1, 0.15) is 33.3 Å². The van der Waals surface area contributed by atoms with Crippen molar-refractivity contribution in [1.29, 1.82) is 0 Å². The number of benzene rings is 1. The Morgan fingerprint density at radius 1 is 1.30 bits per heavy atom. The molecule has 0 saturated heterocycles. The molecule has 0 bridgehead atoms. The number of hydrogen-bond donors (Lipinski definition) is 1. The molecule has 0 saturated carbocycles. The van der Waals surface area contributed by atoms with Crippen molar-refractivity contribution in [2.45, 2.75) is 33.3 Å². The molecule has 9 nitrogen and oxygen atoms in total. The lowest BCUT2D eigenvalue weighted by Crippen LogP contribution is -2.27. The van der Waals surface area contributed by atoms with Crippen LogP contribution in [0.3, 0.4) is 0 Å². The number of nitro benzene ring substituents is 1. The fourth-order valence-electron chi connectivity index (χ4n) is 1.99. The molecule has 0 spiro atoms. The van der Waals surface area contributed by atoms with Crippen molar-refractivity contribution in [3.63, 3.8) is 0 Å². The molecule has 2 aromatic rings. The van der Waals surface area contributed by atoms with Gasteiger partial charge in [-0.05, 0) is 39.8 Å². The fourth-order valence-corrected chi connectivity index (χ4v) is 1.99. The van der Waals surface area contributed by atoms with Gasteiger partial charge >= 0.3 is 6.09 Å². The van der Waals surface area contributed by atoms with Gasteiger partial charge in [-0.1, -0.05) is 5.16 Å². The third-order valence-electron chi connectivity index (χ3n) is 3.11. The molecule has 27 heavy (non-hydrogen) atoms. The predicted octanol–water partition coefficient (Wildman–Crippen LogP) is 4.14. The summed E-state index contributed by atoms with van der Waals surface area (Å²) in [6.07, 6.45) is 2.52. The standard InChI is InChI=1S/C18H20N4O5/c1-12(13-6-5-7-19-11-13)21-27-16-9-14(8-15(10-16)22(24)25)20-17(23)26-18(2,3)4/h5-11H,1-4H3,(H,20,23)/b21-12+. The Morgan fingerprint density at radius 3 is 2.63 bits per heavy atom. The highest BCUT2D eigenvalue weighted by Gasteiger charge is 2.18. The van der Waals surface area contributed by atoms with E-state index < -0.39 is 16.6 Å². The average molecular weight is 372 g/mol. The van der Waals surface area contributed by atoms with Crippen molar-refractivity contribution >= 4 is 23.2 Å². The first-order valence-corrected chi connectivity index (χ1v) is 8.05. The van der Waals surface area contributed by atoms with Gasteiger partial charge in [0.25, 0.3) is 5.69 Å². The predicted molar refractivity (Wildman–Crippen MR) is 100 cm³/mol. The van der Waals surface area contributed by atoms with Gasteiger partial charge in [0.2, 0.25) is 0 Å². The number of nitro groups is 1. The molecule has 0 radical (unpaired) electrons. The highest BCUT2D eigenvalue weighted by Crippen LogP contribution is 2.27. The lowest BCUT2D eigenvalue weighted by Gasteiger charge is -2.19. The van der Waals surface area contributed by atoms with Crippen LogP contribution in [0.5, 0.6) is 5.75 Å². The second kappa shape index (κ2) is 8.26. The number of ether oxygens (including phenoxy) is 1. The zero-order valence-corrected chi connectivity index (χ0v) is 15.4. The number of nitrogens with zero attached hydrogens (tertiary/aromatic N) is 3. The first kappa shape index (κ1) is 19.8. The molecule has 0 unspecified atom stereocenters. The Bertz CT molecular complexity index is 860. The lowest BCUT2D eigenvalue weighted by molar-refractivity contribution is -0.384. The molecular weight excluding hydrogens is 352 g/mol. The van der Waals surface area contributed by atoms with E-state index in [0.29, 0.717) is 5.71 Å². The highest BCUT2D eigenvalue weighted by molar-refractivity contribution is 5.98. The summed E-state index contributed by atoms with van der Waals surface area (Å²) in [7, 11) is 0. The van der Waals surface area contributed by atoms with Gasteiger partial charge < -0.3 is 9.57 Å². The molecule has 1 heterocycles. The van der Waals surface area contributed by atoms with E-state index in [2.05, 4.69) is 15.5 Å². The largest absolute Gasteiger partial charge is 0.444 e. The van der Waals surface area contributed by atoms with E-state index in [1.165, 1.54) is 18.2 Å². The van der Waals surface area contributed by atoms with Crippen molar-refractivity contribution < 1.29 is 19.3 Å². The van der Waals surface area contributed by atoms with Crippen LogP contribution in [-0.2, 0) is 4.74 Å². The number of hydrogen-bond acceptors (Lipinski definition) is 7. The number of oxime groups is 1. The topological polar surface area (TPSA) is 116 Å². The number of nitrogens with one attached hydrogen (secondary N) is 1. The van der Waals surface area contributed by atoms with Gasteiger partial charge in [-0.2, -0.15) is 0 Å². The summed E-state index contributed by atoms with van der Waals surface area (Å²) in [6, 6.07) is 7.38. The molecule has 1 N–H and O–H groups in total. The van der Waals surface area contributed by atoms with E-state index in [-0.39, 0.29) is 17.1 Å². The maximum atomic E-state index is 11.9. The Kier molecular flexibility index (Phi) is 6.07. The van der Waals surface area contributed by atoms with Crippen LogP contribution in [-0.4, -0.2) is 27.3 Å². The van der Waals surface area contributed by atoms with Crippen LogP contribution in [0.2, 0.25) is 0 Å². The minimum atomic E-state index is -0.732. The molecule has 1 aromatic carbocycles. The van der Waals surface area contributed by atoms with E-state index in [1.807, 2.05) is 0 Å². The zero-order valence-electron chi connectivity index (χ0n) is 15.4. The Morgan fingerprint density at radius 2 is 2.04 bits per heavy atom. The van der Waals surface area contributed by atoms with Crippen LogP contribution >= 0.6 is 0 Å². The van der Waals surface area contributed by atoms with E-state index in [9.17, 15) is 14.9 Å². The van der Waals surface area contributed by atoms with E-state index >= 15 is 0 Å². The molecule has 0 aliphatic heterocycles. The second-order valence-corrected chi connectivity index (χ2v) is 6.61. The minimum absolute atomic E-state index is 0.0958. The average Bonchev–Trinajstić information content (AvgIpc) is 2.58. The number of carbonyl (C=O) groups is 1. The first-order valence-electron chi connectivity index (χ1n) is 8.05. The molecule has 0 aliphatic carbocycles. The lowest BCUT2D eigenvalue weighted by atomic mass is 10.2. The molecule has 1 aromatic heterocycles. The van der Waals surface area contributed by atoms with Gasteiger partial charge in [0, 0.05) is 30.1 Å². The number of pyridine rings is 1. The summed E-state index contributed by atoms with van der Waals surface area (Å²) in [4.78, 5) is 31.7. The molecular formula is C18H20N4O5. The van der Waals surface area contributed by atoms with Crippen molar-refractivity contribution in [3.8, 4) is 5.75 Å². The molecule has 1 amide bonds. The summed E-state index contributed by atoms with van der Waals surface area (Å²) in [5.74, 6) is 0.0958. The number of amides is 1. The van der Waals surface area contributed by atoms with Crippen molar-refractivity contribution in [2.75, 3.05) is 5.32 Å². The molecule has 0 aliphatic rings. The van der Waals surface area contributed by atoms with E-state index in [1.54, 1.807) is 52.2 Å². The van der Waals surface area contributed by atoms with Crippen molar-refractivity contribution in [2.24, 2.45) is 5.16 Å². The van der Waals surface area contributed by atoms with Gasteiger partial charge in [-0.25, -0.2) is 4.79 Å². The van der Waals surface area contributed by atoms with E-state index in [0.717, 1.165) is 5.56 Å². The number of non-ortho nitro benzene ring substituents is 1. The van der Waals surface area contributed by atoms with Crippen LogP contribution in [0.15, 0.2) is 47.9 Å². The summed E-state index contributed by atoms with van der Waals surface area (Å²) in [6.45, 7) is 6.85. The van der Waals surface area contributed by atoms with Crippen LogP contribution in [0.4, 0.5) is 16.2 Å². The normalized spacial score (nSPS) is 11.6. The molecule has 9 heteroatoms. The van der Waals surface area contributed by atoms with Crippen LogP contribution in [0.25, 0.3) is 0 Å². The van der Waals surface area contributed by atoms with Crippen LogP contribution in [0, 0.1) is 10.1 Å². The zero-order chi connectivity index (χ0) is 20.0. The Balaban J connectivity index is 2.22. The first-order chi connectivity index (χ1) is 12.6.